The van der Waals surface area contributed by atoms with E-state index in [1.807, 2.05) is 6.92 Å². The largest absolute Gasteiger partial charge is 0.305 e. The van der Waals surface area contributed by atoms with Gasteiger partial charge in [0.05, 0.1) is 6.07 Å². The average Bonchev–Trinajstić information content (AvgIpc) is 2.82. The predicted octanol–water partition coefficient (Wildman–Crippen LogP) is 2.07. The number of rotatable bonds is 9. The molecule has 1 saturated heterocycles. The molecule has 0 bridgehead atoms. The number of hydrogen-bond acceptors (Lipinski definition) is 4. The highest BCUT2D eigenvalue weighted by atomic mass is 15.2. The van der Waals surface area contributed by atoms with Crippen molar-refractivity contribution in [2.45, 2.75) is 57.5 Å². The van der Waals surface area contributed by atoms with Crippen LogP contribution in [0.1, 0.15) is 46.0 Å². The molecule has 0 aromatic rings. The normalized spacial score (nSPS) is 22.9. The third-order valence-corrected chi connectivity index (χ3v) is 4.42. The van der Waals surface area contributed by atoms with Crippen LogP contribution >= 0.6 is 0 Å². The first-order chi connectivity index (χ1) is 9.50. The summed E-state index contributed by atoms with van der Waals surface area (Å²) in [6, 6.07) is 3.15. The zero-order valence-electron chi connectivity index (χ0n) is 13.8. The van der Waals surface area contributed by atoms with Gasteiger partial charge in [-0.25, -0.2) is 0 Å². The van der Waals surface area contributed by atoms with E-state index in [-0.39, 0.29) is 5.54 Å². The lowest BCUT2D eigenvalue weighted by Crippen LogP contribution is -2.42. The van der Waals surface area contributed by atoms with Crippen LogP contribution in [0.5, 0.6) is 0 Å². The fourth-order valence-corrected chi connectivity index (χ4v) is 2.95. The maximum atomic E-state index is 9.31. The Morgan fingerprint density at radius 2 is 2.25 bits per heavy atom. The van der Waals surface area contributed by atoms with Crippen molar-refractivity contribution < 1.29 is 0 Å². The zero-order valence-corrected chi connectivity index (χ0v) is 13.8. The van der Waals surface area contributed by atoms with Crippen LogP contribution in [0, 0.1) is 11.3 Å². The number of nitriles is 1. The number of likely N-dealkylation sites (N-methyl/N-ethyl adjacent to an activating group) is 2. The van der Waals surface area contributed by atoms with Crippen LogP contribution in [0.2, 0.25) is 0 Å². The van der Waals surface area contributed by atoms with E-state index in [1.165, 1.54) is 19.4 Å². The molecule has 2 unspecified atom stereocenters. The average molecular weight is 280 g/mol. The Bertz CT molecular complexity index is 312. The van der Waals surface area contributed by atoms with Crippen LogP contribution in [-0.2, 0) is 0 Å². The van der Waals surface area contributed by atoms with Gasteiger partial charge in [0.2, 0.25) is 0 Å². The third kappa shape index (κ3) is 5.78. The molecule has 0 amide bonds. The second kappa shape index (κ2) is 8.61. The second-order valence-corrected chi connectivity index (χ2v) is 6.51. The van der Waals surface area contributed by atoms with E-state index >= 15 is 0 Å². The van der Waals surface area contributed by atoms with Gasteiger partial charge in [-0.15, -0.1) is 0 Å². The molecule has 1 heterocycles. The van der Waals surface area contributed by atoms with Gasteiger partial charge in [-0.1, -0.05) is 6.92 Å². The van der Waals surface area contributed by atoms with Crippen molar-refractivity contribution >= 4 is 0 Å². The number of hydrogen-bond donors (Lipinski definition) is 1. The fourth-order valence-electron chi connectivity index (χ4n) is 2.95. The number of likely N-dealkylation sites (tertiary alicyclic amines) is 1. The molecule has 2 atom stereocenters. The van der Waals surface area contributed by atoms with Crippen LogP contribution in [0.3, 0.4) is 0 Å². The van der Waals surface area contributed by atoms with Gasteiger partial charge in [0, 0.05) is 12.6 Å². The van der Waals surface area contributed by atoms with Gasteiger partial charge in [-0.05, 0) is 72.8 Å². The van der Waals surface area contributed by atoms with E-state index in [1.54, 1.807) is 0 Å². The van der Waals surface area contributed by atoms with Gasteiger partial charge >= 0.3 is 0 Å². The van der Waals surface area contributed by atoms with Gasteiger partial charge in [-0.3, -0.25) is 5.32 Å². The maximum Gasteiger partial charge on any atom is 0.103 e. The Hall–Kier alpha value is -0.630. The quantitative estimate of drug-likeness (QED) is 0.702. The molecule has 1 rings (SSSR count). The molecule has 1 aliphatic rings. The minimum absolute atomic E-state index is 0.360. The van der Waals surface area contributed by atoms with Gasteiger partial charge in [-0.2, -0.15) is 5.26 Å². The van der Waals surface area contributed by atoms with E-state index in [0.717, 1.165) is 44.9 Å². The van der Waals surface area contributed by atoms with Crippen LogP contribution in [-0.4, -0.2) is 61.7 Å². The monoisotopic (exact) mass is 280 g/mol. The fraction of sp³-hybridized carbons (Fsp3) is 0.938. The van der Waals surface area contributed by atoms with Crippen molar-refractivity contribution in [2.24, 2.45) is 0 Å². The van der Waals surface area contributed by atoms with Crippen molar-refractivity contribution in [1.82, 2.24) is 15.1 Å². The SMILES string of the molecule is CCCNC(C)(C#N)CCCN(C)CC1CCCN1C. The minimum atomic E-state index is -0.360. The molecular formula is C16H32N4. The summed E-state index contributed by atoms with van der Waals surface area (Å²) < 4.78 is 0. The van der Waals surface area contributed by atoms with E-state index in [2.05, 4.69) is 42.2 Å². The predicted molar refractivity (Wildman–Crippen MR) is 84.7 cm³/mol. The summed E-state index contributed by atoms with van der Waals surface area (Å²) in [5.74, 6) is 0. The topological polar surface area (TPSA) is 42.3 Å². The molecule has 116 valence electrons. The van der Waals surface area contributed by atoms with E-state index in [4.69, 9.17) is 0 Å². The summed E-state index contributed by atoms with van der Waals surface area (Å²) in [7, 11) is 4.43. The van der Waals surface area contributed by atoms with Crippen molar-refractivity contribution in [3.8, 4) is 6.07 Å². The van der Waals surface area contributed by atoms with E-state index in [9.17, 15) is 5.26 Å². The molecule has 1 fully saturated rings. The van der Waals surface area contributed by atoms with Crippen LogP contribution in [0.4, 0.5) is 0 Å². The van der Waals surface area contributed by atoms with Gasteiger partial charge < -0.3 is 9.80 Å². The molecule has 0 spiro atoms. The molecule has 0 radical (unpaired) electrons. The van der Waals surface area contributed by atoms with Gasteiger partial charge in [0.15, 0.2) is 0 Å². The highest BCUT2D eigenvalue weighted by Crippen LogP contribution is 2.16. The zero-order chi connectivity index (χ0) is 15.0. The Morgan fingerprint density at radius 1 is 1.50 bits per heavy atom. The Labute approximate surface area is 125 Å². The van der Waals surface area contributed by atoms with Crippen molar-refractivity contribution in [3.05, 3.63) is 0 Å². The summed E-state index contributed by atoms with van der Waals surface area (Å²) in [5.41, 5.74) is -0.360. The Kier molecular flexibility index (Phi) is 7.50. The first kappa shape index (κ1) is 17.4. The van der Waals surface area contributed by atoms with Gasteiger partial charge in [0.1, 0.15) is 5.54 Å². The van der Waals surface area contributed by atoms with Gasteiger partial charge in [0.25, 0.3) is 0 Å². The Balaban J connectivity index is 2.23. The molecule has 1 N–H and O–H groups in total. The molecule has 4 nitrogen and oxygen atoms in total. The van der Waals surface area contributed by atoms with E-state index < -0.39 is 0 Å². The maximum absolute atomic E-state index is 9.31. The molecule has 0 aliphatic carbocycles. The molecular weight excluding hydrogens is 248 g/mol. The molecule has 4 heteroatoms. The smallest absolute Gasteiger partial charge is 0.103 e. The summed E-state index contributed by atoms with van der Waals surface area (Å²) in [5, 5.41) is 12.7. The lowest BCUT2D eigenvalue weighted by atomic mass is 9.97. The lowest BCUT2D eigenvalue weighted by Gasteiger charge is -2.27. The summed E-state index contributed by atoms with van der Waals surface area (Å²) >= 11 is 0. The summed E-state index contributed by atoms with van der Waals surface area (Å²) in [6.45, 7) is 8.56. The Morgan fingerprint density at radius 3 is 2.80 bits per heavy atom. The third-order valence-electron chi connectivity index (χ3n) is 4.42. The molecule has 0 aromatic carbocycles. The van der Waals surface area contributed by atoms with Crippen LogP contribution < -0.4 is 5.32 Å². The van der Waals surface area contributed by atoms with Crippen molar-refractivity contribution in [1.29, 1.82) is 5.26 Å². The minimum Gasteiger partial charge on any atom is -0.305 e. The molecule has 0 aromatic heterocycles. The van der Waals surface area contributed by atoms with Crippen molar-refractivity contribution in [3.63, 3.8) is 0 Å². The summed E-state index contributed by atoms with van der Waals surface area (Å²) in [4.78, 5) is 4.89. The first-order valence-electron chi connectivity index (χ1n) is 8.06. The van der Waals surface area contributed by atoms with E-state index in [0.29, 0.717) is 0 Å². The highest BCUT2D eigenvalue weighted by Gasteiger charge is 2.24. The molecule has 1 aliphatic heterocycles. The van der Waals surface area contributed by atoms with Crippen LogP contribution in [0.25, 0.3) is 0 Å². The number of nitrogens with one attached hydrogen (secondary N) is 1. The standard InChI is InChI=1S/C16H32N4/c1-5-10-18-16(2,14-17)9-7-11-19(3)13-15-8-6-12-20(15)4/h15,18H,5-13H2,1-4H3. The molecule has 0 saturated carbocycles. The molecule has 20 heavy (non-hydrogen) atoms. The number of nitrogens with zero attached hydrogens (tertiary/aromatic N) is 3. The second-order valence-electron chi connectivity index (χ2n) is 6.51. The summed E-state index contributed by atoms with van der Waals surface area (Å²) in [6.07, 6.45) is 5.74. The lowest BCUT2D eigenvalue weighted by molar-refractivity contribution is 0.214. The van der Waals surface area contributed by atoms with Crippen LogP contribution in [0.15, 0.2) is 0 Å². The highest BCUT2D eigenvalue weighted by molar-refractivity contribution is 5.03. The first-order valence-corrected chi connectivity index (χ1v) is 8.06. The van der Waals surface area contributed by atoms with Crippen molar-refractivity contribution in [2.75, 3.05) is 40.3 Å².